The summed E-state index contributed by atoms with van der Waals surface area (Å²) in [4.78, 5) is 27.1. The molecule has 1 fully saturated rings. The number of hydrogen-bond donors (Lipinski definition) is 0. The molecule has 26 heavy (non-hydrogen) atoms. The van der Waals surface area contributed by atoms with Gasteiger partial charge in [0, 0.05) is 37.3 Å². The van der Waals surface area contributed by atoms with E-state index >= 15 is 0 Å². The first-order valence-corrected chi connectivity index (χ1v) is 8.84. The number of rotatable bonds is 4. The topological polar surface area (TPSA) is 66.7 Å². The smallest absolute Gasteiger partial charge is 0.294 e. The lowest BCUT2D eigenvalue weighted by Gasteiger charge is -2.36. The fourth-order valence-electron chi connectivity index (χ4n) is 3.10. The first-order chi connectivity index (χ1) is 12.4. The van der Waals surface area contributed by atoms with Gasteiger partial charge in [0.05, 0.1) is 11.3 Å². The minimum absolute atomic E-state index is 0.00284. The van der Waals surface area contributed by atoms with Crippen LogP contribution in [-0.4, -0.2) is 41.9 Å². The third kappa shape index (κ3) is 4.14. The third-order valence-electron chi connectivity index (χ3n) is 4.58. The normalized spacial score (nSPS) is 14.4. The highest BCUT2D eigenvalue weighted by Gasteiger charge is 2.26. The molecule has 0 radical (unpaired) electrons. The zero-order chi connectivity index (χ0) is 18.7. The Morgan fingerprint density at radius 1 is 1.12 bits per heavy atom. The molecule has 0 saturated carbocycles. The molecule has 0 aromatic heterocycles. The molecule has 0 atom stereocenters. The van der Waals surface area contributed by atoms with Crippen LogP contribution in [0.2, 0.25) is 5.02 Å². The molecule has 0 spiro atoms. The van der Waals surface area contributed by atoms with Gasteiger partial charge in [0.2, 0.25) is 5.91 Å². The Hall–Kier alpha value is -2.60. The van der Waals surface area contributed by atoms with Gasteiger partial charge in [-0.15, -0.1) is 0 Å². The first-order valence-electron chi connectivity index (χ1n) is 8.46. The zero-order valence-electron chi connectivity index (χ0n) is 14.5. The SMILES string of the molecule is Cc1ccc(CC(=O)N2CCN(c3ccc(Cl)cc3[N+](=O)[O-])CC2)cc1. The summed E-state index contributed by atoms with van der Waals surface area (Å²) in [6.45, 7) is 4.22. The molecule has 136 valence electrons. The second-order valence-corrected chi connectivity index (χ2v) is 6.86. The molecule has 0 aliphatic carbocycles. The van der Waals surface area contributed by atoms with E-state index in [9.17, 15) is 14.9 Å². The van der Waals surface area contributed by atoms with Crippen molar-refractivity contribution in [3.05, 3.63) is 68.7 Å². The number of benzene rings is 2. The second kappa shape index (κ2) is 7.74. The van der Waals surface area contributed by atoms with Crippen molar-refractivity contribution in [1.82, 2.24) is 4.90 Å². The van der Waals surface area contributed by atoms with Crippen LogP contribution in [0.25, 0.3) is 0 Å². The minimum Gasteiger partial charge on any atom is -0.362 e. The summed E-state index contributed by atoms with van der Waals surface area (Å²) in [5.74, 6) is 0.0825. The molecule has 1 heterocycles. The van der Waals surface area contributed by atoms with Crippen molar-refractivity contribution in [1.29, 1.82) is 0 Å². The Balaban J connectivity index is 1.63. The van der Waals surface area contributed by atoms with Gasteiger partial charge in [-0.3, -0.25) is 14.9 Å². The second-order valence-electron chi connectivity index (χ2n) is 6.42. The fraction of sp³-hybridized carbons (Fsp3) is 0.316. The van der Waals surface area contributed by atoms with E-state index in [1.54, 1.807) is 12.1 Å². The van der Waals surface area contributed by atoms with Gasteiger partial charge in [-0.2, -0.15) is 0 Å². The Bertz CT molecular complexity index is 815. The van der Waals surface area contributed by atoms with Crippen molar-refractivity contribution in [3.8, 4) is 0 Å². The molecule has 1 aliphatic heterocycles. The van der Waals surface area contributed by atoms with Crippen LogP contribution in [0.3, 0.4) is 0 Å². The van der Waals surface area contributed by atoms with Crippen molar-refractivity contribution in [2.45, 2.75) is 13.3 Å². The maximum atomic E-state index is 12.5. The Morgan fingerprint density at radius 2 is 1.77 bits per heavy atom. The molecular formula is C19H20ClN3O3. The van der Waals surface area contributed by atoms with Crippen LogP contribution in [0.1, 0.15) is 11.1 Å². The highest BCUT2D eigenvalue weighted by molar-refractivity contribution is 6.30. The fourth-order valence-corrected chi connectivity index (χ4v) is 3.27. The zero-order valence-corrected chi connectivity index (χ0v) is 15.3. The molecule has 6 nitrogen and oxygen atoms in total. The Morgan fingerprint density at radius 3 is 2.38 bits per heavy atom. The first kappa shape index (κ1) is 18.2. The quantitative estimate of drug-likeness (QED) is 0.608. The molecule has 7 heteroatoms. The average Bonchev–Trinajstić information content (AvgIpc) is 2.63. The lowest BCUT2D eigenvalue weighted by Crippen LogP contribution is -2.49. The standard InChI is InChI=1S/C19H20ClN3O3/c1-14-2-4-15(5-3-14)12-19(24)22-10-8-21(9-11-22)17-7-6-16(20)13-18(17)23(25)26/h2-7,13H,8-12H2,1H3. The molecule has 0 N–H and O–H groups in total. The van der Waals surface area contributed by atoms with E-state index in [0.717, 1.165) is 5.56 Å². The van der Waals surface area contributed by atoms with Gasteiger partial charge in [-0.25, -0.2) is 0 Å². The van der Waals surface area contributed by atoms with Crippen LogP contribution in [0, 0.1) is 17.0 Å². The van der Waals surface area contributed by atoms with E-state index in [4.69, 9.17) is 11.6 Å². The molecule has 3 rings (SSSR count). The largest absolute Gasteiger partial charge is 0.362 e. The van der Waals surface area contributed by atoms with Gasteiger partial charge in [-0.1, -0.05) is 41.4 Å². The van der Waals surface area contributed by atoms with Crippen LogP contribution in [-0.2, 0) is 11.2 Å². The van der Waals surface area contributed by atoms with E-state index in [1.165, 1.54) is 11.6 Å². The molecule has 1 aliphatic rings. The van der Waals surface area contributed by atoms with Crippen molar-refractivity contribution < 1.29 is 9.72 Å². The molecule has 0 unspecified atom stereocenters. The van der Waals surface area contributed by atoms with Crippen molar-refractivity contribution in [2.75, 3.05) is 31.1 Å². The number of halogens is 1. The third-order valence-corrected chi connectivity index (χ3v) is 4.82. The maximum Gasteiger partial charge on any atom is 0.294 e. The van der Waals surface area contributed by atoms with Gasteiger partial charge < -0.3 is 9.80 Å². The number of nitro benzene ring substituents is 1. The van der Waals surface area contributed by atoms with Crippen molar-refractivity contribution in [3.63, 3.8) is 0 Å². The number of hydrogen-bond acceptors (Lipinski definition) is 4. The summed E-state index contributed by atoms with van der Waals surface area (Å²) in [7, 11) is 0. The van der Waals surface area contributed by atoms with E-state index in [2.05, 4.69) is 0 Å². The summed E-state index contributed by atoms with van der Waals surface area (Å²) in [6, 6.07) is 12.6. The molecule has 2 aromatic carbocycles. The van der Waals surface area contributed by atoms with Crippen LogP contribution in [0.5, 0.6) is 0 Å². The number of carbonyl (C=O) groups excluding carboxylic acids is 1. The van der Waals surface area contributed by atoms with Gasteiger partial charge in [0.25, 0.3) is 5.69 Å². The van der Waals surface area contributed by atoms with Crippen molar-refractivity contribution in [2.24, 2.45) is 0 Å². The number of piperazine rings is 1. The van der Waals surface area contributed by atoms with E-state index in [0.29, 0.717) is 43.3 Å². The highest BCUT2D eigenvalue weighted by Crippen LogP contribution is 2.31. The van der Waals surface area contributed by atoms with Crippen LogP contribution >= 0.6 is 11.6 Å². The van der Waals surface area contributed by atoms with E-state index in [1.807, 2.05) is 41.0 Å². The summed E-state index contributed by atoms with van der Waals surface area (Å²) >= 11 is 5.88. The summed E-state index contributed by atoms with van der Waals surface area (Å²) in [6.07, 6.45) is 0.376. The number of amides is 1. The average molecular weight is 374 g/mol. The number of carbonyl (C=O) groups is 1. The van der Waals surface area contributed by atoms with Crippen LogP contribution in [0.15, 0.2) is 42.5 Å². The lowest BCUT2D eigenvalue weighted by atomic mass is 10.1. The molecular weight excluding hydrogens is 354 g/mol. The Labute approximate surface area is 157 Å². The van der Waals surface area contributed by atoms with E-state index in [-0.39, 0.29) is 11.6 Å². The van der Waals surface area contributed by atoms with Crippen molar-refractivity contribution >= 4 is 28.9 Å². The summed E-state index contributed by atoms with van der Waals surface area (Å²) in [5, 5.41) is 11.6. The lowest BCUT2D eigenvalue weighted by molar-refractivity contribution is -0.384. The minimum atomic E-state index is -0.421. The Kier molecular flexibility index (Phi) is 5.42. The van der Waals surface area contributed by atoms with Gasteiger partial charge >= 0.3 is 0 Å². The van der Waals surface area contributed by atoms with Crippen LogP contribution < -0.4 is 4.90 Å². The van der Waals surface area contributed by atoms with E-state index < -0.39 is 4.92 Å². The molecule has 2 aromatic rings. The van der Waals surface area contributed by atoms with Gasteiger partial charge in [-0.05, 0) is 24.6 Å². The monoisotopic (exact) mass is 373 g/mol. The number of anilines is 1. The summed E-state index contributed by atoms with van der Waals surface area (Å²) in [5.41, 5.74) is 2.71. The maximum absolute atomic E-state index is 12.5. The highest BCUT2D eigenvalue weighted by atomic mass is 35.5. The molecule has 1 saturated heterocycles. The van der Waals surface area contributed by atoms with Crippen LogP contribution in [0.4, 0.5) is 11.4 Å². The number of aryl methyl sites for hydroxylation is 1. The predicted octanol–water partition coefficient (Wildman–Crippen LogP) is 3.45. The van der Waals surface area contributed by atoms with Gasteiger partial charge in [0.1, 0.15) is 5.69 Å². The number of nitrogens with zero attached hydrogens (tertiary/aromatic N) is 3. The number of nitro groups is 1. The molecule has 0 bridgehead atoms. The predicted molar refractivity (Wildman–Crippen MR) is 102 cm³/mol. The van der Waals surface area contributed by atoms with Gasteiger partial charge in [0.15, 0.2) is 0 Å². The molecule has 1 amide bonds. The summed E-state index contributed by atoms with van der Waals surface area (Å²) < 4.78 is 0.